The molecule has 0 spiro atoms. The first-order chi connectivity index (χ1) is 8.47. The van der Waals surface area contributed by atoms with Crippen LogP contribution in [0.1, 0.15) is 32.6 Å². The number of nitrogens with one attached hydrogen (secondary N) is 2. The topological polar surface area (TPSA) is 125 Å². The molecule has 0 rings (SSSR count). The van der Waals surface area contributed by atoms with E-state index in [0.717, 1.165) is 12.8 Å². The Morgan fingerprint density at radius 2 is 1.94 bits per heavy atom. The first-order valence-corrected chi connectivity index (χ1v) is 5.60. The summed E-state index contributed by atoms with van der Waals surface area (Å²) in [4.78, 5) is 32.1. The van der Waals surface area contributed by atoms with Crippen LogP contribution in [0.2, 0.25) is 0 Å². The number of amides is 1. The Bertz CT molecular complexity index is 294. The van der Waals surface area contributed by atoms with Gasteiger partial charge in [-0.2, -0.15) is 0 Å². The zero-order chi connectivity index (χ0) is 14.0. The fourth-order valence-corrected chi connectivity index (χ4v) is 1.02. The van der Waals surface area contributed by atoms with Gasteiger partial charge < -0.3 is 14.9 Å². The lowest BCUT2D eigenvalue weighted by Gasteiger charge is -2.14. The summed E-state index contributed by atoms with van der Waals surface area (Å²) in [6.45, 7) is 2.18. The van der Waals surface area contributed by atoms with Gasteiger partial charge in [0.1, 0.15) is 6.04 Å². The Morgan fingerprint density at radius 1 is 1.28 bits per heavy atom. The molecule has 1 amide bonds. The summed E-state index contributed by atoms with van der Waals surface area (Å²) in [5.74, 6) is -2.35. The van der Waals surface area contributed by atoms with Gasteiger partial charge in [-0.25, -0.2) is 10.2 Å². The van der Waals surface area contributed by atoms with Crippen LogP contribution >= 0.6 is 0 Å². The van der Waals surface area contributed by atoms with Crippen molar-refractivity contribution in [2.24, 2.45) is 0 Å². The molecule has 8 heteroatoms. The molecule has 4 N–H and O–H groups in total. The molecule has 0 aromatic rings. The predicted molar refractivity (Wildman–Crippen MR) is 60.8 cm³/mol. The Balaban J connectivity index is 3.92. The van der Waals surface area contributed by atoms with E-state index in [9.17, 15) is 14.4 Å². The van der Waals surface area contributed by atoms with Crippen LogP contribution < -0.4 is 10.9 Å². The number of carboxylic acid groups (broad SMARTS) is 2. The molecular weight excluding hydrogens is 244 g/mol. The monoisotopic (exact) mass is 262 g/mol. The number of aliphatic carboxylic acids is 2. The fraction of sp³-hybridized carbons (Fsp3) is 0.700. The molecule has 18 heavy (non-hydrogen) atoms. The normalized spacial score (nSPS) is 11.6. The van der Waals surface area contributed by atoms with Crippen LogP contribution in [0.4, 0.5) is 4.79 Å². The lowest BCUT2D eigenvalue weighted by molar-refractivity contribution is -0.140. The van der Waals surface area contributed by atoms with Gasteiger partial charge in [0, 0.05) is 6.42 Å². The highest BCUT2D eigenvalue weighted by Crippen LogP contribution is 1.97. The van der Waals surface area contributed by atoms with Crippen molar-refractivity contribution in [1.82, 2.24) is 10.9 Å². The van der Waals surface area contributed by atoms with Crippen LogP contribution in [0.3, 0.4) is 0 Å². The number of carboxylic acids is 2. The highest BCUT2D eigenvalue weighted by atomic mass is 16.6. The molecule has 0 aliphatic heterocycles. The molecule has 0 aromatic heterocycles. The van der Waals surface area contributed by atoms with Gasteiger partial charge in [-0.05, 0) is 12.8 Å². The number of carbonyl (C=O) groups is 3. The molecule has 104 valence electrons. The van der Waals surface area contributed by atoms with Crippen molar-refractivity contribution in [2.75, 3.05) is 6.61 Å². The maximum absolute atomic E-state index is 11.1. The van der Waals surface area contributed by atoms with Crippen molar-refractivity contribution < 1.29 is 29.3 Å². The van der Waals surface area contributed by atoms with Gasteiger partial charge in [0.05, 0.1) is 6.61 Å². The number of carbonyl (C=O) groups excluding carboxylic acids is 1. The fourth-order valence-electron chi connectivity index (χ4n) is 1.02. The molecule has 0 aliphatic carbocycles. The van der Waals surface area contributed by atoms with Crippen LogP contribution in [-0.4, -0.2) is 40.9 Å². The average Bonchev–Trinajstić information content (AvgIpc) is 2.28. The minimum absolute atomic E-state index is 0.139. The third-order valence-corrected chi connectivity index (χ3v) is 2.02. The summed E-state index contributed by atoms with van der Waals surface area (Å²) < 4.78 is 4.72. The summed E-state index contributed by atoms with van der Waals surface area (Å²) in [6.07, 6.45) is 0.354. The van der Waals surface area contributed by atoms with Gasteiger partial charge in [-0.3, -0.25) is 15.0 Å². The van der Waals surface area contributed by atoms with E-state index in [2.05, 4.69) is 10.9 Å². The molecule has 0 bridgehead atoms. The van der Waals surface area contributed by atoms with Crippen LogP contribution in [0, 0.1) is 0 Å². The molecule has 1 atom stereocenters. The van der Waals surface area contributed by atoms with Gasteiger partial charge in [-0.1, -0.05) is 13.3 Å². The number of rotatable bonds is 9. The number of hydrogen-bond acceptors (Lipinski definition) is 5. The lowest BCUT2D eigenvalue weighted by atomic mass is 10.2. The molecule has 0 radical (unpaired) electrons. The van der Waals surface area contributed by atoms with E-state index < -0.39 is 24.1 Å². The summed E-state index contributed by atoms with van der Waals surface area (Å²) in [5, 5.41) is 17.2. The number of unbranched alkanes of at least 4 members (excludes halogenated alkanes) is 1. The van der Waals surface area contributed by atoms with E-state index in [1.807, 2.05) is 6.92 Å². The second kappa shape index (κ2) is 9.23. The summed E-state index contributed by atoms with van der Waals surface area (Å²) in [6, 6.07) is -1.17. The van der Waals surface area contributed by atoms with Gasteiger partial charge in [-0.15, -0.1) is 0 Å². The van der Waals surface area contributed by atoms with E-state index in [-0.39, 0.29) is 19.4 Å². The molecule has 0 aliphatic rings. The van der Waals surface area contributed by atoms with E-state index in [1.165, 1.54) is 0 Å². The van der Waals surface area contributed by atoms with E-state index >= 15 is 0 Å². The van der Waals surface area contributed by atoms with E-state index in [0.29, 0.717) is 0 Å². The first kappa shape index (κ1) is 16.2. The Kier molecular flexibility index (Phi) is 8.29. The average molecular weight is 262 g/mol. The number of hydrazine groups is 1. The minimum Gasteiger partial charge on any atom is -0.481 e. The Morgan fingerprint density at radius 3 is 2.44 bits per heavy atom. The highest BCUT2D eigenvalue weighted by molar-refractivity contribution is 5.75. The van der Waals surface area contributed by atoms with Gasteiger partial charge in [0.15, 0.2) is 0 Å². The molecule has 0 saturated carbocycles. The molecular formula is C10H18N2O6. The maximum Gasteiger partial charge on any atom is 0.421 e. The second-order valence-corrected chi connectivity index (χ2v) is 3.58. The molecule has 0 aromatic carbocycles. The quantitative estimate of drug-likeness (QED) is 0.348. The molecule has 8 nitrogen and oxygen atoms in total. The van der Waals surface area contributed by atoms with Crippen LogP contribution in [-0.2, 0) is 14.3 Å². The largest absolute Gasteiger partial charge is 0.481 e. The smallest absolute Gasteiger partial charge is 0.421 e. The van der Waals surface area contributed by atoms with Crippen molar-refractivity contribution in [3.8, 4) is 0 Å². The van der Waals surface area contributed by atoms with E-state index in [4.69, 9.17) is 14.9 Å². The van der Waals surface area contributed by atoms with Gasteiger partial charge in [0.25, 0.3) is 0 Å². The molecule has 0 fully saturated rings. The zero-order valence-corrected chi connectivity index (χ0v) is 10.1. The summed E-state index contributed by atoms with van der Waals surface area (Å²) >= 11 is 0. The molecule has 0 unspecified atom stereocenters. The van der Waals surface area contributed by atoms with Gasteiger partial charge >= 0.3 is 18.0 Å². The SMILES string of the molecule is CCCCOC(=O)NN[C@@H](CCC(=O)O)C(=O)O. The van der Waals surface area contributed by atoms with Crippen molar-refractivity contribution in [3.05, 3.63) is 0 Å². The number of ether oxygens (including phenoxy) is 1. The van der Waals surface area contributed by atoms with Crippen LogP contribution in [0.5, 0.6) is 0 Å². The van der Waals surface area contributed by atoms with Crippen molar-refractivity contribution in [2.45, 2.75) is 38.6 Å². The standard InChI is InChI=1S/C10H18N2O6/c1-2-3-6-18-10(17)12-11-7(9(15)16)4-5-8(13)14/h7,11H,2-6H2,1H3,(H,12,17)(H,13,14)(H,15,16)/t7-/m0/s1. The molecule has 0 heterocycles. The maximum atomic E-state index is 11.1. The van der Waals surface area contributed by atoms with Crippen molar-refractivity contribution >= 4 is 18.0 Å². The van der Waals surface area contributed by atoms with Crippen molar-refractivity contribution in [3.63, 3.8) is 0 Å². The Hall–Kier alpha value is -1.83. The first-order valence-electron chi connectivity index (χ1n) is 5.60. The van der Waals surface area contributed by atoms with Crippen molar-refractivity contribution in [1.29, 1.82) is 0 Å². The predicted octanol–water partition coefficient (Wildman–Crippen LogP) is 0.335. The summed E-state index contributed by atoms with van der Waals surface area (Å²) in [7, 11) is 0. The van der Waals surface area contributed by atoms with Crippen LogP contribution in [0.25, 0.3) is 0 Å². The number of hydrogen-bond donors (Lipinski definition) is 4. The van der Waals surface area contributed by atoms with Crippen LogP contribution in [0.15, 0.2) is 0 Å². The second-order valence-electron chi connectivity index (χ2n) is 3.58. The van der Waals surface area contributed by atoms with E-state index in [1.54, 1.807) is 0 Å². The molecule has 0 saturated heterocycles. The lowest BCUT2D eigenvalue weighted by Crippen LogP contribution is -2.48. The third kappa shape index (κ3) is 8.34. The Labute approximate surface area is 104 Å². The highest BCUT2D eigenvalue weighted by Gasteiger charge is 2.19. The minimum atomic E-state index is -1.25. The third-order valence-electron chi connectivity index (χ3n) is 2.02. The summed E-state index contributed by atoms with van der Waals surface area (Å²) in [5.41, 5.74) is 4.28. The van der Waals surface area contributed by atoms with Gasteiger partial charge in [0.2, 0.25) is 0 Å². The zero-order valence-electron chi connectivity index (χ0n) is 10.1.